The number of nitrogens with two attached hydrogens (primary N) is 1. The Hall–Kier alpha value is -1.46. The first-order valence-corrected chi connectivity index (χ1v) is 9.78. The highest BCUT2D eigenvalue weighted by atomic mass is 16.5. The molecular weight excluding hydrogens is 312 g/mol. The predicted molar refractivity (Wildman–Crippen MR) is 104 cm³/mol. The van der Waals surface area contributed by atoms with E-state index in [9.17, 15) is 0 Å². The van der Waals surface area contributed by atoms with E-state index in [1.807, 2.05) is 0 Å². The molecule has 0 amide bonds. The summed E-state index contributed by atoms with van der Waals surface area (Å²) in [5.74, 6) is 0.800. The van der Waals surface area contributed by atoms with E-state index >= 15 is 0 Å². The average Bonchev–Trinajstić information content (AvgIpc) is 3.21. The topological polar surface area (TPSA) is 45.0 Å². The number of rotatable bonds is 4. The molecule has 0 aliphatic carbocycles. The van der Waals surface area contributed by atoms with Gasteiger partial charge in [-0.3, -0.25) is 4.90 Å². The van der Waals surface area contributed by atoms with Gasteiger partial charge in [0, 0.05) is 56.1 Å². The van der Waals surface area contributed by atoms with Gasteiger partial charge >= 0.3 is 0 Å². The SMILES string of the molecule is CCc1cc(N)c(OC)cc1N1CCC(N2CC3CC2CN3C)CC1. The molecule has 1 aromatic carbocycles. The van der Waals surface area contributed by atoms with Crippen LogP contribution in [0.3, 0.4) is 0 Å². The van der Waals surface area contributed by atoms with Crippen molar-refractivity contribution in [1.82, 2.24) is 9.80 Å². The molecule has 3 aliphatic rings. The molecular formula is C20H32N4O. The highest BCUT2D eigenvalue weighted by Gasteiger charge is 2.44. The van der Waals surface area contributed by atoms with E-state index in [1.54, 1.807) is 7.11 Å². The van der Waals surface area contributed by atoms with Crippen LogP contribution in [0.5, 0.6) is 5.75 Å². The third kappa shape index (κ3) is 2.97. The molecule has 3 fully saturated rings. The molecule has 5 heteroatoms. The van der Waals surface area contributed by atoms with Crippen LogP contribution in [0.2, 0.25) is 0 Å². The molecule has 4 rings (SSSR count). The predicted octanol–water partition coefficient (Wildman–Crippen LogP) is 2.20. The third-order valence-corrected chi connectivity index (χ3v) is 6.64. The summed E-state index contributed by atoms with van der Waals surface area (Å²) in [4.78, 5) is 7.90. The van der Waals surface area contributed by atoms with Crippen LogP contribution in [0.1, 0.15) is 31.7 Å². The second-order valence-corrected chi connectivity index (χ2v) is 7.97. The Morgan fingerprint density at radius 3 is 2.44 bits per heavy atom. The summed E-state index contributed by atoms with van der Waals surface area (Å²) >= 11 is 0. The number of aryl methyl sites for hydroxylation is 1. The number of methoxy groups -OCH3 is 1. The molecule has 2 bridgehead atoms. The normalized spacial score (nSPS) is 28.0. The molecule has 5 nitrogen and oxygen atoms in total. The second kappa shape index (κ2) is 6.69. The van der Waals surface area contributed by atoms with Crippen molar-refractivity contribution in [2.24, 2.45) is 0 Å². The molecule has 0 aromatic heterocycles. The Labute approximate surface area is 151 Å². The summed E-state index contributed by atoms with van der Waals surface area (Å²) in [5, 5.41) is 0. The maximum atomic E-state index is 6.10. The van der Waals surface area contributed by atoms with Crippen molar-refractivity contribution in [3.05, 3.63) is 17.7 Å². The maximum absolute atomic E-state index is 6.10. The number of anilines is 2. The molecule has 0 spiro atoms. The standard InChI is InChI=1S/C20H32N4O/c1-4-14-9-18(21)20(25-3)11-19(14)23-7-5-15(6-8-23)24-13-16-10-17(24)12-22(16)2/h9,11,15-17H,4-8,10,12-13,21H2,1-3H3. The third-order valence-electron chi connectivity index (χ3n) is 6.64. The zero-order valence-corrected chi connectivity index (χ0v) is 15.9. The lowest BCUT2D eigenvalue weighted by Crippen LogP contribution is -2.52. The number of hydrogen-bond donors (Lipinski definition) is 1. The quantitative estimate of drug-likeness (QED) is 0.849. The summed E-state index contributed by atoms with van der Waals surface area (Å²) in [7, 11) is 3.98. The molecule has 3 heterocycles. The molecule has 2 N–H and O–H groups in total. The minimum atomic E-state index is 0.746. The minimum absolute atomic E-state index is 0.746. The summed E-state index contributed by atoms with van der Waals surface area (Å²) < 4.78 is 5.46. The Morgan fingerprint density at radius 1 is 1.12 bits per heavy atom. The highest BCUT2D eigenvalue weighted by molar-refractivity contribution is 5.67. The van der Waals surface area contributed by atoms with E-state index < -0.39 is 0 Å². The first-order chi connectivity index (χ1) is 12.1. The lowest BCUT2D eigenvalue weighted by molar-refractivity contribution is 0.0929. The number of nitrogens with zero attached hydrogens (tertiary/aromatic N) is 3. The van der Waals surface area contributed by atoms with E-state index in [0.29, 0.717) is 0 Å². The van der Waals surface area contributed by atoms with Crippen LogP contribution in [-0.2, 0) is 6.42 Å². The summed E-state index contributed by atoms with van der Waals surface area (Å²) in [5.41, 5.74) is 9.49. The van der Waals surface area contributed by atoms with Gasteiger partial charge in [0.05, 0.1) is 12.8 Å². The zero-order chi connectivity index (χ0) is 17.6. The fraction of sp³-hybridized carbons (Fsp3) is 0.700. The molecule has 0 radical (unpaired) electrons. The van der Waals surface area contributed by atoms with Crippen LogP contribution >= 0.6 is 0 Å². The lowest BCUT2D eigenvalue weighted by Gasteiger charge is -2.43. The second-order valence-electron chi connectivity index (χ2n) is 7.97. The van der Waals surface area contributed by atoms with Gasteiger partial charge in [0.15, 0.2) is 0 Å². The first-order valence-electron chi connectivity index (χ1n) is 9.78. The van der Waals surface area contributed by atoms with Crippen molar-refractivity contribution < 1.29 is 4.74 Å². The number of hydrogen-bond acceptors (Lipinski definition) is 5. The van der Waals surface area contributed by atoms with Crippen LogP contribution in [0.4, 0.5) is 11.4 Å². The van der Waals surface area contributed by atoms with E-state index in [-0.39, 0.29) is 0 Å². The van der Waals surface area contributed by atoms with Crippen molar-refractivity contribution in [2.45, 2.75) is 50.7 Å². The molecule has 3 saturated heterocycles. The molecule has 25 heavy (non-hydrogen) atoms. The van der Waals surface area contributed by atoms with Crippen molar-refractivity contribution in [2.75, 3.05) is 51.0 Å². The van der Waals surface area contributed by atoms with E-state index in [1.165, 1.54) is 43.6 Å². The summed E-state index contributed by atoms with van der Waals surface area (Å²) in [6.07, 6.45) is 4.92. The number of nitrogen functional groups attached to an aromatic ring is 1. The Kier molecular flexibility index (Phi) is 4.54. The van der Waals surface area contributed by atoms with Gasteiger partial charge in [0.2, 0.25) is 0 Å². The van der Waals surface area contributed by atoms with Gasteiger partial charge in [0.25, 0.3) is 0 Å². The van der Waals surface area contributed by atoms with Crippen LogP contribution in [0.15, 0.2) is 12.1 Å². The largest absolute Gasteiger partial charge is 0.495 e. The number of ether oxygens (including phenoxy) is 1. The number of benzene rings is 1. The minimum Gasteiger partial charge on any atom is -0.495 e. The Bertz CT molecular complexity index is 624. The van der Waals surface area contributed by atoms with Gasteiger partial charge in [-0.1, -0.05) is 6.92 Å². The fourth-order valence-electron chi connectivity index (χ4n) is 5.17. The van der Waals surface area contributed by atoms with Crippen LogP contribution in [0.25, 0.3) is 0 Å². The highest BCUT2D eigenvalue weighted by Crippen LogP contribution is 2.36. The van der Waals surface area contributed by atoms with Crippen molar-refractivity contribution in [1.29, 1.82) is 0 Å². The number of likely N-dealkylation sites (tertiary alicyclic amines) is 2. The Balaban J connectivity index is 1.44. The molecule has 1 aromatic rings. The van der Waals surface area contributed by atoms with Gasteiger partial charge in [-0.05, 0) is 44.4 Å². The summed E-state index contributed by atoms with van der Waals surface area (Å²) in [6.45, 7) is 7.01. The number of likely N-dealkylation sites (N-methyl/N-ethyl adjacent to an activating group) is 1. The van der Waals surface area contributed by atoms with Gasteiger partial charge in [0.1, 0.15) is 5.75 Å². The van der Waals surface area contributed by atoms with Gasteiger partial charge in [-0.2, -0.15) is 0 Å². The average molecular weight is 345 g/mol. The zero-order valence-electron chi connectivity index (χ0n) is 15.9. The first kappa shape index (κ1) is 17.0. The number of piperazine rings is 1. The Morgan fingerprint density at radius 2 is 1.88 bits per heavy atom. The van der Waals surface area contributed by atoms with Gasteiger partial charge < -0.3 is 20.3 Å². The monoisotopic (exact) mass is 344 g/mol. The van der Waals surface area contributed by atoms with Crippen molar-refractivity contribution in [3.8, 4) is 5.75 Å². The van der Waals surface area contributed by atoms with Crippen molar-refractivity contribution in [3.63, 3.8) is 0 Å². The fourth-order valence-corrected chi connectivity index (χ4v) is 5.17. The van der Waals surface area contributed by atoms with Crippen LogP contribution < -0.4 is 15.4 Å². The molecule has 3 aliphatic heterocycles. The van der Waals surface area contributed by atoms with Gasteiger partial charge in [-0.15, -0.1) is 0 Å². The van der Waals surface area contributed by atoms with Crippen LogP contribution in [-0.4, -0.2) is 68.3 Å². The van der Waals surface area contributed by atoms with E-state index in [2.05, 4.69) is 40.8 Å². The summed E-state index contributed by atoms with van der Waals surface area (Å²) in [6, 6.07) is 6.60. The number of fused-ring (bicyclic) bond motifs is 2. The molecule has 138 valence electrons. The molecule has 2 atom stereocenters. The maximum Gasteiger partial charge on any atom is 0.143 e. The van der Waals surface area contributed by atoms with E-state index in [4.69, 9.17) is 10.5 Å². The van der Waals surface area contributed by atoms with E-state index in [0.717, 1.165) is 49.1 Å². The van der Waals surface area contributed by atoms with Gasteiger partial charge in [-0.25, -0.2) is 0 Å². The number of piperidine rings is 1. The smallest absolute Gasteiger partial charge is 0.143 e. The molecule has 2 unspecified atom stereocenters. The lowest BCUT2D eigenvalue weighted by atomic mass is 9.99. The van der Waals surface area contributed by atoms with Crippen molar-refractivity contribution >= 4 is 11.4 Å². The van der Waals surface area contributed by atoms with Crippen LogP contribution in [0, 0.1) is 0 Å². The molecule has 0 saturated carbocycles.